The van der Waals surface area contributed by atoms with Crippen LogP contribution < -0.4 is 0 Å². The molecule has 0 aliphatic heterocycles. The molecule has 3 fully saturated rings. The standard InChI is InChI=1S/C20H26O5/c1-18-7-5-12(21)9-11(18)3-4-13-14-6-8-20(25,17(23)24)19(14,2)10-15(22)16(13)18/h5,7,9,13-16,22,25H,3-4,6,8,10H2,1-2H3,(H,23,24)/t13-,14-,15?,16-,18-,19-,20?/m0/s1. The Hall–Kier alpha value is -1.46. The van der Waals surface area contributed by atoms with E-state index in [0.29, 0.717) is 6.42 Å². The van der Waals surface area contributed by atoms with E-state index in [9.17, 15) is 24.9 Å². The molecule has 25 heavy (non-hydrogen) atoms. The molecule has 4 rings (SSSR count). The Labute approximate surface area is 147 Å². The second-order valence-electron chi connectivity index (χ2n) is 8.92. The van der Waals surface area contributed by atoms with Crippen LogP contribution in [0.15, 0.2) is 23.8 Å². The molecule has 0 spiro atoms. The Bertz CT molecular complexity index is 709. The largest absolute Gasteiger partial charge is 0.479 e. The van der Waals surface area contributed by atoms with Crippen molar-refractivity contribution in [2.75, 3.05) is 0 Å². The first kappa shape index (κ1) is 17.0. The number of ketones is 1. The van der Waals surface area contributed by atoms with Gasteiger partial charge in [-0.15, -0.1) is 0 Å². The van der Waals surface area contributed by atoms with Crippen molar-refractivity contribution in [2.45, 2.75) is 57.7 Å². The van der Waals surface area contributed by atoms with Gasteiger partial charge in [-0.2, -0.15) is 0 Å². The van der Waals surface area contributed by atoms with Gasteiger partial charge < -0.3 is 15.3 Å². The van der Waals surface area contributed by atoms with Gasteiger partial charge in [0, 0.05) is 16.7 Å². The summed E-state index contributed by atoms with van der Waals surface area (Å²) in [6, 6.07) is 0. The number of rotatable bonds is 1. The van der Waals surface area contributed by atoms with Crippen LogP contribution >= 0.6 is 0 Å². The summed E-state index contributed by atoms with van der Waals surface area (Å²) < 4.78 is 0. The van der Waals surface area contributed by atoms with Crippen LogP contribution in [0.1, 0.15) is 46.0 Å². The SMILES string of the molecule is C[C@]12C=CC(=O)C=C1CC[C@@H]1[C@H]2C(O)C[C@@]2(C)[C@H]1CCC2(O)C(=O)O. The molecule has 0 heterocycles. The minimum absolute atomic E-state index is 0.00202. The molecule has 0 saturated heterocycles. The summed E-state index contributed by atoms with van der Waals surface area (Å²) in [5.74, 6) is -0.976. The number of carbonyl (C=O) groups is 2. The highest BCUT2D eigenvalue weighted by Gasteiger charge is 2.68. The molecule has 0 radical (unpaired) electrons. The van der Waals surface area contributed by atoms with Crippen LogP contribution in [0, 0.1) is 28.6 Å². The van der Waals surface area contributed by atoms with E-state index >= 15 is 0 Å². The van der Waals surface area contributed by atoms with Gasteiger partial charge in [-0.3, -0.25) is 4.79 Å². The minimum atomic E-state index is -1.76. The van der Waals surface area contributed by atoms with Crippen molar-refractivity contribution in [3.05, 3.63) is 23.8 Å². The molecular formula is C20H26O5. The van der Waals surface area contributed by atoms with Crippen molar-refractivity contribution >= 4 is 11.8 Å². The lowest BCUT2D eigenvalue weighted by Crippen LogP contribution is -2.61. The number of aliphatic carboxylic acids is 1. The minimum Gasteiger partial charge on any atom is -0.479 e. The molecule has 4 aliphatic carbocycles. The topological polar surface area (TPSA) is 94.8 Å². The summed E-state index contributed by atoms with van der Waals surface area (Å²) >= 11 is 0. The number of carbonyl (C=O) groups excluding carboxylic acids is 1. The number of hydrogen-bond acceptors (Lipinski definition) is 4. The zero-order valence-electron chi connectivity index (χ0n) is 14.7. The molecule has 0 aromatic carbocycles. The summed E-state index contributed by atoms with van der Waals surface area (Å²) in [6.45, 7) is 3.93. The Morgan fingerprint density at radius 1 is 1.28 bits per heavy atom. The van der Waals surface area contributed by atoms with E-state index in [4.69, 9.17) is 0 Å². The average molecular weight is 346 g/mol. The molecule has 2 unspecified atom stereocenters. The van der Waals surface area contributed by atoms with Gasteiger partial charge in [0.05, 0.1) is 6.10 Å². The highest BCUT2D eigenvalue weighted by atomic mass is 16.4. The van der Waals surface area contributed by atoms with Gasteiger partial charge >= 0.3 is 5.97 Å². The van der Waals surface area contributed by atoms with Crippen LogP contribution in [0.4, 0.5) is 0 Å². The van der Waals surface area contributed by atoms with Crippen LogP contribution in [-0.4, -0.2) is 38.8 Å². The molecule has 3 N–H and O–H groups in total. The highest BCUT2D eigenvalue weighted by Crippen LogP contribution is 2.66. The van der Waals surface area contributed by atoms with Crippen molar-refractivity contribution in [2.24, 2.45) is 28.6 Å². The molecular weight excluding hydrogens is 320 g/mol. The summed E-state index contributed by atoms with van der Waals surface area (Å²) in [7, 11) is 0. The summed E-state index contributed by atoms with van der Waals surface area (Å²) in [4.78, 5) is 23.6. The zero-order chi connectivity index (χ0) is 18.2. The molecule has 0 bridgehead atoms. The fraction of sp³-hybridized carbons (Fsp3) is 0.700. The van der Waals surface area contributed by atoms with Crippen LogP contribution in [-0.2, 0) is 9.59 Å². The monoisotopic (exact) mass is 346 g/mol. The van der Waals surface area contributed by atoms with E-state index in [0.717, 1.165) is 18.4 Å². The highest BCUT2D eigenvalue weighted by molar-refractivity contribution is 6.01. The number of fused-ring (bicyclic) bond motifs is 5. The Morgan fingerprint density at radius 2 is 2.00 bits per heavy atom. The maximum Gasteiger partial charge on any atom is 0.336 e. The van der Waals surface area contributed by atoms with Crippen molar-refractivity contribution < 1.29 is 24.9 Å². The lowest BCUT2D eigenvalue weighted by atomic mass is 9.46. The van der Waals surface area contributed by atoms with Crippen LogP contribution in [0.2, 0.25) is 0 Å². The Balaban J connectivity index is 1.76. The Kier molecular flexibility index (Phi) is 3.42. The first-order chi connectivity index (χ1) is 11.6. The summed E-state index contributed by atoms with van der Waals surface area (Å²) in [5, 5.41) is 31.6. The van der Waals surface area contributed by atoms with E-state index in [1.54, 1.807) is 12.2 Å². The third kappa shape index (κ3) is 1.97. The van der Waals surface area contributed by atoms with E-state index in [-0.39, 0.29) is 41.8 Å². The van der Waals surface area contributed by atoms with E-state index in [1.807, 2.05) is 13.0 Å². The number of aliphatic hydroxyl groups is 2. The molecule has 5 nitrogen and oxygen atoms in total. The predicted octanol–water partition coefficient (Wildman–Crippen LogP) is 2.08. The molecule has 5 heteroatoms. The van der Waals surface area contributed by atoms with Gasteiger partial charge in [0.25, 0.3) is 0 Å². The van der Waals surface area contributed by atoms with Gasteiger partial charge in [0.15, 0.2) is 11.4 Å². The quantitative estimate of drug-likeness (QED) is 0.676. The number of allylic oxidation sites excluding steroid dienone is 4. The number of carboxylic acids is 1. The molecule has 0 aromatic heterocycles. The van der Waals surface area contributed by atoms with E-state index in [2.05, 4.69) is 6.92 Å². The van der Waals surface area contributed by atoms with E-state index < -0.39 is 23.1 Å². The third-order valence-corrected chi connectivity index (χ3v) is 8.00. The molecule has 136 valence electrons. The second kappa shape index (κ2) is 5.04. The summed E-state index contributed by atoms with van der Waals surface area (Å²) in [5.41, 5.74) is -1.86. The lowest BCUT2D eigenvalue weighted by molar-refractivity contribution is -0.192. The fourth-order valence-corrected chi connectivity index (χ4v) is 6.68. The van der Waals surface area contributed by atoms with Crippen LogP contribution in [0.5, 0.6) is 0 Å². The second-order valence-corrected chi connectivity index (χ2v) is 8.92. The normalized spacial score (nSPS) is 51.4. The zero-order valence-corrected chi connectivity index (χ0v) is 14.7. The van der Waals surface area contributed by atoms with Crippen molar-refractivity contribution in [3.63, 3.8) is 0 Å². The lowest BCUT2D eigenvalue weighted by Gasteiger charge is -2.59. The fourth-order valence-electron chi connectivity index (χ4n) is 6.68. The van der Waals surface area contributed by atoms with Crippen LogP contribution in [0.25, 0.3) is 0 Å². The first-order valence-corrected chi connectivity index (χ1v) is 9.21. The van der Waals surface area contributed by atoms with Gasteiger partial charge in [-0.05, 0) is 56.1 Å². The number of hydrogen-bond donors (Lipinski definition) is 3. The van der Waals surface area contributed by atoms with Crippen molar-refractivity contribution in [1.29, 1.82) is 0 Å². The maximum atomic E-state index is 11.8. The molecule has 4 aliphatic rings. The first-order valence-electron chi connectivity index (χ1n) is 9.21. The number of carboxylic acid groups (broad SMARTS) is 1. The molecule has 0 amide bonds. The van der Waals surface area contributed by atoms with Gasteiger partial charge in [-0.25, -0.2) is 4.79 Å². The van der Waals surface area contributed by atoms with Gasteiger partial charge in [0.2, 0.25) is 0 Å². The van der Waals surface area contributed by atoms with Gasteiger partial charge in [0.1, 0.15) is 0 Å². The smallest absolute Gasteiger partial charge is 0.336 e. The van der Waals surface area contributed by atoms with Crippen molar-refractivity contribution in [3.8, 4) is 0 Å². The molecule has 3 saturated carbocycles. The number of aliphatic hydroxyl groups excluding tert-OH is 1. The molecule has 0 aromatic rings. The Morgan fingerprint density at radius 3 is 2.68 bits per heavy atom. The maximum absolute atomic E-state index is 11.8. The van der Waals surface area contributed by atoms with Crippen LogP contribution in [0.3, 0.4) is 0 Å². The summed E-state index contributed by atoms with van der Waals surface area (Å²) in [6.07, 6.45) is 7.37. The van der Waals surface area contributed by atoms with E-state index in [1.165, 1.54) is 0 Å². The third-order valence-electron chi connectivity index (χ3n) is 8.00. The van der Waals surface area contributed by atoms with Gasteiger partial charge in [-0.1, -0.05) is 25.5 Å². The van der Waals surface area contributed by atoms with Crippen molar-refractivity contribution in [1.82, 2.24) is 0 Å². The average Bonchev–Trinajstić information content (AvgIpc) is 2.80. The predicted molar refractivity (Wildman–Crippen MR) is 90.6 cm³/mol. The molecule has 7 atom stereocenters.